The Bertz CT molecular complexity index is 1130. The maximum Gasteiger partial charge on any atom is 0.248 e. The molecule has 8 heteroatoms. The van der Waals surface area contributed by atoms with Gasteiger partial charge in [0.2, 0.25) is 17.4 Å². The number of hydrogen-bond acceptors (Lipinski definition) is 5. The zero-order valence-corrected chi connectivity index (χ0v) is 16.3. The molecule has 0 aliphatic heterocycles. The molecule has 154 valence electrons. The smallest absolute Gasteiger partial charge is 0.248 e. The summed E-state index contributed by atoms with van der Waals surface area (Å²) < 4.78 is 14.5. The van der Waals surface area contributed by atoms with E-state index in [4.69, 9.17) is 5.73 Å². The summed E-state index contributed by atoms with van der Waals surface area (Å²) >= 11 is 0. The Balaban J connectivity index is 1.60. The lowest BCUT2D eigenvalue weighted by atomic mass is 9.85. The fraction of sp³-hybridized carbons (Fsp3) is 0.273. The highest BCUT2D eigenvalue weighted by Crippen LogP contribution is 2.28. The van der Waals surface area contributed by atoms with Crippen molar-refractivity contribution in [3.63, 3.8) is 0 Å². The summed E-state index contributed by atoms with van der Waals surface area (Å²) in [5.41, 5.74) is 7.35. The minimum Gasteiger partial charge on any atom is -0.369 e. The third kappa shape index (κ3) is 4.37. The molecule has 1 aromatic carbocycles. The summed E-state index contributed by atoms with van der Waals surface area (Å²) in [6, 6.07) is 12.0. The van der Waals surface area contributed by atoms with Gasteiger partial charge in [0.1, 0.15) is 5.69 Å². The molecule has 1 amide bonds. The Morgan fingerprint density at radius 2 is 1.97 bits per heavy atom. The Hall–Kier alpha value is -3.55. The minimum atomic E-state index is -0.544. The van der Waals surface area contributed by atoms with Crippen molar-refractivity contribution in [2.24, 2.45) is 11.7 Å². The number of pyridine rings is 1. The van der Waals surface area contributed by atoms with E-state index < -0.39 is 5.82 Å². The van der Waals surface area contributed by atoms with Crippen LogP contribution in [-0.2, 0) is 4.79 Å². The molecule has 0 radical (unpaired) electrons. The van der Waals surface area contributed by atoms with Crippen LogP contribution in [0.5, 0.6) is 0 Å². The van der Waals surface area contributed by atoms with Crippen molar-refractivity contribution in [1.29, 1.82) is 0 Å². The van der Waals surface area contributed by atoms with Crippen LogP contribution in [0.2, 0.25) is 0 Å². The van der Waals surface area contributed by atoms with E-state index in [1.54, 1.807) is 30.3 Å². The van der Waals surface area contributed by atoms with Crippen LogP contribution in [-0.4, -0.2) is 26.9 Å². The number of aromatic amines is 1. The number of H-pyrrole nitrogens is 1. The van der Waals surface area contributed by atoms with Crippen LogP contribution in [0.25, 0.3) is 22.5 Å². The Morgan fingerprint density at radius 3 is 2.77 bits per heavy atom. The number of halogens is 1. The Labute approximate surface area is 172 Å². The number of carbonyl (C=O) groups excluding carboxylic acids is 1. The summed E-state index contributed by atoms with van der Waals surface area (Å²) in [6.45, 7) is 0. The zero-order valence-electron chi connectivity index (χ0n) is 16.3. The van der Waals surface area contributed by atoms with Crippen LogP contribution in [0.3, 0.4) is 0 Å². The molecule has 4 N–H and O–H groups in total. The van der Waals surface area contributed by atoms with Crippen LogP contribution < -0.4 is 16.6 Å². The standard InChI is InChI=1S/C22H22FN5O2/c23-17-12-25-22(26-16-7-2-6-15(11-16)21(24)30)28-20(17)14-5-1-4-13(10-14)18-8-3-9-19(29)27-18/h1,3-5,8-10,12,15-16H,2,6-7,11H2,(H2,24,30)(H,27,29)(H,25,26,28). The third-order valence-corrected chi connectivity index (χ3v) is 5.37. The number of amides is 1. The van der Waals surface area contributed by atoms with Crippen molar-refractivity contribution in [2.45, 2.75) is 31.7 Å². The normalized spacial score (nSPS) is 18.7. The molecule has 4 rings (SSSR count). The molecule has 0 saturated heterocycles. The summed E-state index contributed by atoms with van der Waals surface area (Å²) in [6.07, 6.45) is 4.29. The fourth-order valence-electron chi connectivity index (χ4n) is 3.85. The van der Waals surface area contributed by atoms with Gasteiger partial charge < -0.3 is 16.0 Å². The fourth-order valence-corrected chi connectivity index (χ4v) is 3.85. The van der Waals surface area contributed by atoms with Gasteiger partial charge in [-0.15, -0.1) is 0 Å². The van der Waals surface area contributed by atoms with E-state index in [0.29, 0.717) is 23.6 Å². The van der Waals surface area contributed by atoms with Gasteiger partial charge in [0.25, 0.3) is 0 Å². The number of nitrogens with one attached hydrogen (secondary N) is 2. The lowest BCUT2D eigenvalue weighted by Gasteiger charge is -2.27. The summed E-state index contributed by atoms with van der Waals surface area (Å²) in [4.78, 5) is 34.3. The highest BCUT2D eigenvalue weighted by Gasteiger charge is 2.26. The second-order valence-electron chi connectivity index (χ2n) is 7.51. The Morgan fingerprint density at radius 1 is 1.17 bits per heavy atom. The van der Waals surface area contributed by atoms with E-state index in [1.165, 1.54) is 6.07 Å². The number of anilines is 1. The van der Waals surface area contributed by atoms with Crippen molar-refractivity contribution in [2.75, 3.05) is 5.32 Å². The van der Waals surface area contributed by atoms with Gasteiger partial charge in [-0.25, -0.2) is 14.4 Å². The molecule has 7 nitrogen and oxygen atoms in total. The molecular formula is C22H22FN5O2. The first-order valence-corrected chi connectivity index (χ1v) is 9.88. The number of hydrogen-bond donors (Lipinski definition) is 3. The topological polar surface area (TPSA) is 114 Å². The second kappa shape index (κ2) is 8.44. The SMILES string of the molecule is NC(=O)C1CCCC(Nc2ncc(F)c(-c3cccc(-c4cccc(=O)[nH]4)c3)n2)C1. The molecule has 3 aromatic rings. The molecular weight excluding hydrogens is 385 g/mol. The van der Waals surface area contributed by atoms with Crippen molar-refractivity contribution in [3.8, 4) is 22.5 Å². The number of rotatable bonds is 5. The predicted octanol–water partition coefficient (Wildman–Crippen LogP) is 3.09. The third-order valence-electron chi connectivity index (χ3n) is 5.37. The van der Waals surface area contributed by atoms with Crippen molar-refractivity contribution in [3.05, 3.63) is 64.8 Å². The van der Waals surface area contributed by atoms with Crippen LogP contribution in [0.1, 0.15) is 25.7 Å². The number of nitrogens with two attached hydrogens (primary N) is 1. The van der Waals surface area contributed by atoms with Gasteiger partial charge >= 0.3 is 0 Å². The number of nitrogens with zero attached hydrogens (tertiary/aromatic N) is 2. The van der Waals surface area contributed by atoms with Crippen LogP contribution in [0.4, 0.5) is 10.3 Å². The summed E-state index contributed by atoms with van der Waals surface area (Å²) in [7, 11) is 0. The second-order valence-corrected chi connectivity index (χ2v) is 7.51. The van der Waals surface area contributed by atoms with E-state index in [1.807, 2.05) is 6.07 Å². The maximum absolute atomic E-state index is 14.5. The van der Waals surface area contributed by atoms with Gasteiger partial charge in [0, 0.05) is 29.3 Å². The van der Waals surface area contributed by atoms with E-state index in [9.17, 15) is 14.0 Å². The molecule has 2 atom stereocenters. The average molecular weight is 407 g/mol. The van der Waals surface area contributed by atoms with E-state index in [2.05, 4.69) is 20.3 Å². The van der Waals surface area contributed by atoms with Gasteiger partial charge in [0.05, 0.1) is 6.20 Å². The summed E-state index contributed by atoms with van der Waals surface area (Å²) in [5.74, 6) is -0.697. The molecule has 1 aliphatic carbocycles. The van der Waals surface area contributed by atoms with Crippen LogP contribution in [0, 0.1) is 11.7 Å². The van der Waals surface area contributed by atoms with Gasteiger partial charge in [0.15, 0.2) is 5.82 Å². The maximum atomic E-state index is 14.5. The van der Waals surface area contributed by atoms with Crippen molar-refractivity contribution in [1.82, 2.24) is 15.0 Å². The monoisotopic (exact) mass is 407 g/mol. The lowest BCUT2D eigenvalue weighted by Crippen LogP contribution is -2.34. The number of carbonyl (C=O) groups is 1. The molecule has 2 heterocycles. The Kier molecular flexibility index (Phi) is 5.56. The van der Waals surface area contributed by atoms with E-state index >= 15 is 0 Å². The molecule has 0 bridgehead atoms. The quantitative estimate of drug-likeness (QED) is 0.601. The zero-order chi connectivity index (χ0) is 21.1. The van der Waals surface area contributed by atoms with Crippen LogP contribution >= 0.6 is 0 Å². The first-order chi connectivity index (χ1) is 14.5. The highest BCUT2D eigenvalue weighted by molar-refractivity contribution is 5.76. The van der Waals surface area contributed by atoms with Gasteiger partial charge in [-0.05, 0) is 37.0 Å². The first kappa shape index (κ1) is 19.8. The molecule has 2 unspecified atom stereocenters. The van der Waals surface area contributed by atoms with Crippen molar-refractivity contribution >= 4 is 11.9 Å². The predicted molar refractivity (Wildman–Crippen MR) is 112 cm³/mol. The van der Waals surface area contributed by atoms with Crippen LogP contribution in [0.15, 0.2) is 53.5 Å². The number of primary amides is 1. The molecule has 1 saturated carbocycles. The average Bonchev–Trinajstić information content (AvgIpc) is 2.75. The molecule has 30 heavy (non-hydrogen) atoms. The minimum absolute atomic E-state index is 0.00953. The van der Waals surface area contributed by atoms with Gasteiger partial charge in [-0.3, -0.25) is 9.59 Å². The van der Waals surface area contributed by atoms with Crippen molar-refractivity contribution < 1.29 is 9.18 Å². The van der Waals surface area contributed by atoms with Gasteiger partial charge in [-0.2, -0.15) is 0 Å². The highest BCUT2D eigenvalue weighted by atomic mass is 19.1. The lowest BCUT2D eigenvalue weighted by molar-refractivity contribution is -0.122. The first-order valence-electron chi connectivity index (χ1n) is 9.88. The number of aromatic nitrogens is 3. The summed E-state index contributed by atoms with van der Waals surface area (Å²) in [5, 5.41) is 3.21. The number of benzene rings is 1. The van der Waals surface area contributed by atoms with Gasteiger partial charge in [-0.1, -0.05) is 30.7 Å². The van der Waals surface area contributed by atoms with E-state index in [0.717, 1.165) is 31.0 Å². The molecule has 2 aromatic heterocycles. The molecule has 1 aliphatic rings. The molecule has 0 spiro atoms. The van der Waals surface area contributed by atoms with E-state index in [-0.39, 0.29) is 29.1 Å². The molecule has 1 fully saturated rings. The largest absolute Gasteiger partial charge is 0.369 e.